The molecule has 0 aromatic carbocycles. The lowest BCUT2D eigenvalue weighted by atomic mass is 10.3. The summed E-state index contributed by atoms with van der Waals surface area (Å²) in [5.74, 6) is 0. The smallest absolute Gasteiger partial charge is 0.127 e. The Morgan fingerprint density at radius 3 is 1.21 bits per heavy atom. The van der Waals surface area contributed by atoms with Crippen molar-refractivity contribution in [3.63, 3.8) is 0 Å². The molecule has 0 aliphatic rings. The van der Waals surface area contributed by atoms with E-state index in [0.29, 0.717) is 0 Å². The van der Waals surface area contributed by atoms with Crippen molar-refractivity contribution in [1.82, 2.24) is 0 Å². The third kappa shape index (κ3) is 24.6. The van der Waals surface area contributed by atoms with Gasteiger partial charge in [0.2, 0.25) is 0 Å². The van der Waals surface area contributed by atoms with Gasteiger partial charge in [-0.2, -0.15) is 0 Å². The Bertz CT molecular complexity index is 496. The van der Waals surface area contributed by atoms with Crippen molar-refractivity contribution in [3.05, 3.63) is 0 Å². The molecule has 0 saturated carbocycles. The molecule has 5 atom stereocenters. The van der Waals surface area contributed by atoms with Crippen molar-refractivity contribution in [2.45, 2.75) is 0 Å². The van der Waals surface area contributed by atoms with Crippen molar-refractivity contribution in [2.24, 2.45) is 0 Å². The van der Waals surface area contributed by atoms with Gasteiger partial charge in [0.05, 0.1) is 49.3 Å². The van der Waals surface area contributed by atoms with Crippen LogP contribution in [0.2, 0.25) is 0 Å². The molecular weight excluding hydrogens is 478 g/mol. The monoisotopic (exact) mass is 557 g/mol. The minimum atomic E-state index is 1.03. The fraction of sp³-hybridized carbons (Fsp3) is 1.00. The minimum absolute atomic E-state index is 1.03. The predicted molar refractivity (Wildman–Crippen MR) is 155 cm³/mol. The summed E-state index contributed by atoms with van der Waals surface area (Å²) in [6.45, 7) is 24.8. The Morgan fingerprint density at radius 1 is 0.368 bits per heavy atom. The van der Waals surface area contributed by atoms with Crippen LogP contribution in [-0.2, 0) is 0 Å². The largest absolute Gasteiger partial charge is 0.353 e. The maximum atomic E-state index is 4.06. The average molecular weight is 557 g/mol. The van der Waals surface area contributed by atoms with Crippen LogP contribution in [0.15, 0.2) is 0 Å². The van der Waals surface area contributed by atoms with Gasteiger partial charge in [-0.1, -0.05) is 0 Å². The molecule has 0 saturated heterocycles. The molecule has 0 radical (unpaired) electrons. The second kappa shape index (κ2) is 25.5. The maximum Gasteiger partial charge on any atom is 0.127 e. The molecule has 0 bridgehead atoms. The zero-order chi connectivity index (χ0) is 28.6. The zero-order valence-electron chi connectivity index (χ0n) is 27.2. The molecule has 0 heterocycles. The second-order valence-electron chi connectivity index (χ2n) is 12.7. The maximum absolute atomic E-state index is 4.06. The standard InChI is InChI=1S/C27H67N11/c1-32(2)18-20-35(6)15-11-31-13-17-38(25-21-34(5)14-9-29)27-23-36(7)22-26-37(24-19-33(3)4)16-12-30-10-8-28/h30-31H,8-29H2,1-7H3/p+11. The molecule has 5 unspecified atom stereocenters. The van der Waals surface area contributed by atoms with Crippen molar-refractivity contribution in [1.29, 1.82) is 0 Å². The molecule has 0 aliphatic heterocycles. The summed E-state index contributed by atoms with van der Waals surface area (Å²) >= 11 is 0. The fourth-order valence-corrected chi connectivity index (χ4v) is 4.88. The third-order valence-electron chi connectivity index (χ3n) is 7.94. The summed E-state index contributed by atoms with van der Waals surface area (Å²) in [5.41, 5.74) is 8.04. The van der Waals surface area contributed by atoms with Crippen LogP contribution in [-0.4, -0.2) is 180 Å². The van der Waals surface area contributed by atoms with Crippen LogP contribution in [0.1, 0.15) is 0 Å². The van der Waals surface area contributed by atoms with E-state index in [1.165, 1.54) is 111 Å². The Hall–Kier alpha value is -0.440. The molecule has 0 aromatic rings. The molecule has 0 fully saturated rings. The topological polar surface area (TPSA) is 120 Å². The van der Waals surface area contributed by atoms with Crippen molar-refractivity contribution >= 4 is 0 Å². The first-order valence-electron chi connectivity index (χ1n) is 16.1. The number of likely N-dealkylation sites (N-methyl/N-ethyl adjacent to an activating group) is 5. The molecule has 17 N–H and O–H groups in total. The molecule has 11 heteroatoms. The molecule has 11 nitrogen and oxygen atoms in total. The molecular formula is C27H78N11+11. The van der Waals surface area contributed by atoms with E-state index in [-0.39, 0.29) is 0 Å². The highest BCUT2D eigenvalue weighted by Gasteiger charge is 2.18. The molecule has 0 aromatic heterocycles. The SMILES string of the molecule is C[NH+](C)CC[NH+](C)CC[NH2+]CC[NH+](CC[NH+](C)CC[NH3+])CC[NH+](C)CC[NH+](CC[NH2+]CC[NH3+])CC[NH+](C)C. The second-order valence-corrected chi connectivity index (χ2v) is 12.7. The summed E-state index contributed by atoms with van der Waals surface area (Å²) in [4.78, 5) is 11.7. The van der Waals surface area contributed by atoms with Gasteiger partial charge in [0, 0.05) is 0 Å². The number of nitrogens with two attached hydrogens (primary N) is 2. The van der Waals surface area contributed by atoms with Crippen molar-refractivity contribution in [2.75, 3.05) is 180 Å². The normalized spacial score (nSPS) is 16.2. The van der Waals surface area contributed by atoms with Gasteiger partial charge in [-0.3, -0.25) is 0 Å². The van der Waals surface area contributed by atoms with E-state index in [0.717, 1.165) is 19.6 Å². The summed E-state index contributed by atoms with van der Waals surface area (Å²) in [6, 6.07) is 0. The van der Waals surface area contributed by atoms with Crippen LogP contribution in [0, 0.1) is 0 Å². The van der Waals surface area contributed by atoms with E-state index in [2.05, 4.69) is 71.4 Å². The molecule has 0 aliphatic carbocycles. The van der Waals surface area contributed by atoms with Gasteiger partial charge in [-0.05, 0) is 0 Å². The molecule has 0 rings (SSSR count). The van der Waals surface area contributed by atoms with E-state index >= 15 is 0 Å². The van der Waals surface area contributed by atoms with Crippen LogP contribution < -0.4 is 56.4 Å². The van der Waals surface area contributed by atoms with Crippen LogP contribution >= 0.6 is 0 Å². The number of hydrogen-bond acceptors (Lipinski definition) is 0. The minimum Gasteiger partial charge on any atom is -0.353 e. The lowest BCUT2D eigenvalue weighted by Gasteiger charge is -2.24. The summed E-state index contributed by atoms with van der Waals surface area (Å²) < 4.78 is 0. The van der Waals surface area contributed by atoms with Crippen LogP contribution in [0.25, 0.3) is 0 Å². The summed E-state index contributed by atoms with van der Waals surface area (Å²) in [6.07, 6.45) is 0. The van der Waals surface area contributed by atoms with E-state index in [1.54, 1.807) is 34.3 Å². The van der Waals surface area contributed by atoms with E-state index in [1.807, 2.05) is 0 Å². The fourth-order valence-electron chi connectivity index (χ4n) is 4.88. The average Bonchev–Trinajstić information content (AvgIpc) is 2.87. The van der Waals surface area contributed by atoms with Crippen LogP contribution in [0.3, 0.4) is 0 Å². The Kier molecular flexibility index (Phi) is 25.2. The Balaban J connectivity index is 4.51. The molecule has 38 heavy (non-hydrogen) atoms. The Morgan fingerprint density at radius 2 is 0.737 bits per heavy atom. The number of hydrogen-bond donors (Lipinski definition) is 11. The van der Waals surface area contributed by atoms with Gasteiger partial charge < -0.3 is 56.4 Å². The van der Waals surface area contributed by atoms with E-state index in [9.17, 15) is 0 Å². The van der Waals surface area contributed by atoms with Crippen molar-refractivity contribution < 1.29 is 56.4 Å². The lowest BCUT2D eigenvalue weighted by Crippen LogP contribution is -3.25. The zero-order valence-corrected chi connectivity index (χ0v) is 27.2. The van der Waals surface area contributed by atoms with Crippen molar-refractivity contribution in [3.8, 4) is 0 Å². The van der Waals surface area contributed by atoms with Gasteiger partial charge in [0.15, 0.2) is 0 Å². The van der Waals surface area contributed by atoms with E-state index < -0.39 is 0 Å². The number of nitrogens with one attached hydrogen (secondary N) is 7. The van der Waals surface area contributed by atoms with Crippen LogP contribution in [0.4, 0.5) is 0 Å². The lowest BCUT2D eigenvalue weighted by molar-refractivity contribution is -0.992. The predicted octanol–water partition coefficient (Wildman–Crippen LogP) is -15.8. The van der Waals surface area contributed by atoms with Gasteiger partial charge in [0.1, 0.15) is 131 Å². The first kappa shape index (κ1) is 37.6. The van der Waals surface area contributed by atoms with Gasteiger partial charge >= 0.3 is 0 Å². The Labute approximate surface area is 236 Å². The third-order valence-corrected chi connectivity index (χ3v) is 7.94. The first-order valence-corrected chi connectivity index (χ1v) is 16.1. The highest BCUT2D eigenvalue weighted by atomic mass is 15.2. The molecule has 0 amide bonds. The molecule has 230 valence electrons. The summed E-state index contributed by atoms with van der Waals surface area (Å²) in [7, 11) is 16.2. The van der Waals surface area contributed by atoms with Gasteiger partial charge in [-0.15, -0.1) is 0 Å². The molecule has 0 spiro atoms. The first-order chi connectivity index (χ1) is 18.2. The number of rotatable bonds is 28. The van der Waals surface area contributed by atoms with E-state index in [4.69, 9.17) is 0 Å². The highest BCUT2D eigenvalue weighted by molar-refractivity contribution is 4.35. The van der Waals surface area contributed by atoms with Crippen LogP contribution in [0.5, 0.6) is 0 Å². The highest BCUT2D eigenvalue weighted by Crippen LogP contribution is 1.54. The quantitative estimate of drug-likeness (QED) is 0.0420. The van der Waals surface area contributed by atoms with Gasteiger partial charge in [-0.25, -0.2) is 0 Å². The number of quaternary nitrogens is 11. The van der Waals surface area contributed by atoms with Gasteiger partial charge in [0.25, 0.3) is 0 Å². The summed E-state index contributed by atoms with van der Waals surface area (Å²) in [5, 5.41) is 5.01.